The van der Waals surface area contributed by atoms with E-state index in [0.29, 0.717) is 17.7 Å². The largest absolute Gasteiger partial charge is 0.273 e. The van der Waals surface area contributed by atoms with Crippen LogP contribution in [0.3, 0.4) is 0 Å². The van der Waals surface area contributed by atoms with Crippen LogP contribution >= 0.6 is 23.1 Å². The van der Waals surface area contributed by atoms with E-state index < -0.39 is 0 Å². The molecule has 0 aliphatic carbocycles. The number of carbonyl (C=O) groups is 2. The number of hydrogen-bond acceptors (Lipinski definition) is 5. The third-order valence-electron chi connectivity index (χ3n) is 3.92. The molecule has 2 aromatic carbocycles. The van der Waals surface area contributed by atoms with Crippen LogP contribution in [0.1, 0.15) is 24.3 Å². The highest BCUT2D eigenvalue weighted by atomic mass is 32.2. The maximum Gasteiger partial charge on any atom is 0.248 e. The number of rotatable bonds is 8. The topological polar surface area (TPSA) is 71.1 Å². The average Bonchev–Trinajstić information content (AvgIpc) is 3.12. The average molecular weight is 418 g/mol. The second-order valence-electron chi connectivity index (χ2n) is 6.10. The molecule has 0 unspecified atom stereocenters. The van der Waals surface area contributed by atoms with E-state index in [1.807, 2.05) is 18.2 Å². The number of unbranched alkanes of at least 4 members (excludes halogenated alkanes) is 1. The fourth-order valence-electron chi connectivity index (χ4n) is 2.53. The minimum atomic E-state index is -0.379. The summed E-state index contributed by atoms with van der Waals surface area (Å²) < 4.78 is 14.7. The zero-order valence-corrected chi connectivity index (χ0v) is 16.7. The number of carbonyl (C=O) groups excluding carboxylic acids is 2. The molecular weight excluding hydrogens is 397 g/mol. The summed E-state index contributed by atoms with van der Waals surface area (Å²) >= 11 is 2.76. The summed E-state index contributed by atoms with van der Waals surface area (Å²) in [6.07, 6.45) is 2.72. The number of para-hydroxylation sites is 1. The van der Waals surface area contributed by atoms with Crippen molar-refractivity contribution in [2.24, 2.45) is 0 Å². The molecule has 146 valence electrons. The molecule has 28 heavy (non-hydrogen) atoms. The number of amides is 2. The smallest absolute Gasteiger partial charge is 0.248 e. The first-order valence-electron chi connectivity index (χ1n) is 8.91. The quantitative estimate of drug-likeness (QED) is 0.329. The van der Waals surface area contributed by atoms with Gasteiger partial charge in [0.15, 0.2) is 0 Å². The summed E-state index contributed by atoms with van der Waals surface area (Å²) in [7, 11) is 0. The van der Waals surface area contributed by atoms with Gasteiger partial charge >= 0.3 is 0 Å². The van der Waals surface area contributed by atoms with Crippen LogP contribution in [0, 0.1) is 5.82 Å². The van der Waals surface area contributed by atoms with E-state index in [9.17, 15) is 14.0 Å². The number of aryl methyl sites for hydroxylation is 1. The van der Waals surface area contributed by atoms with Gasteiger partial charge in [-0.2, -0.15) is 0 Å². The predicted molar refractivity (Wildman–Crippen MR) is 111 cm³/mol. The van der Waals surface area contributed by atoms with Crippen molar-refractivity contribution >= 4 is 45.1 Å². The van der Waals surface area contributed by atoms with Gasteiger partial charge < -0.3 is 0 Å². The van der Waals surface area contributed by atoms with Crippen LogP contribution in [0.5, 0.6) is 0 Å². The van der Waals surface area contributed by atoms with Crippen molar-refractivity contribution in [2.45, 2.75) is 30.6 Å². The maximum atomic E-state index is 13.5. The third kappa shape index (κ3) is 6.03. The molecule has 8 heteroatoms. The molecule has 0 bridgehead atoms. The Hall–Kier alpha value is -2.45. The van der Waals surface area contributed by atoms with Crippen LogP contribution in [0.2, 0.25) is 0 Å². The van der Waals surface area contributed by atoms with Crippen LogP contribution < -0.4 is 10.9 Å². The van der Waals surface area contributed by atoms with Gasteiger partial charge in [0, 0.05) is 11.3 Å². The molecule has 1 heterocycles. The summed E-state index contributed by atoms with van der Waals surface area (Å²) in [5, 5.41) is 1.07. The minimum absolute atomic E-state index is 0.0266. The van der Waals surface area contributed by atoms with Crippen LogP contribution in [0.4, 0.5) is 4.39 Å². The summed E-state index contributed by atoms with van der Waals surface area (Å²) in [5.74, 6) is -0.958. The highest BCUT2D eigenvalue weighted by Crippen LogP contribution is 2.23. The van der Waals surface area contributed by atoms with Gasteiger partial charge in [0.1, 0.15) is 5.82 Å². The van der Waals surface area contributed by atoms with Gasteiger partial charge in [-0.3, -0.25) is 20.4 Å². The van der Waals surface area contributed by atoms with E-state index in [2.05, 4.69) is 21.9 Å². The van der Waals surface area contributed by atoms with E-state index >= 15 is 0 Å². The molecule has 0 fully saturated rings. The lowest BCUT2D eigenvalue weighted by atomic mass is 10.2. The molecule has 2 N–H and O–H groups in total. The molecule has 0 atom stereocenters. The van der Waals surface area contributed by atoms with E-state index in [4.69, 9.17) is 0 Å². The maximum absolute atomic E-state index is 13.5. The Morgan fingerprint density at radius 3 is 2.57 bits per heavy atom. The van der Waals surface area contributed by atoms with Gasteiger partial charge in [0.2, 0.25) is 11.8 Å². The molecule has 0 radical (unpaired) electrons. The molecule has 0 aliphatic heterocycles. The van der Waals surface area contributed by atoms with Gasteiger partial charge in [-0.25, -0.2) is 9.37 Å². The minimum Gasteiger partial charge on any atom is -0.273 e. The molecule has 3 rings (SSSR count). The van der Waals surface area contributed by atoms with Crippen LogP contribution in [0.25, 0.3) is 10.2 Å². The summed E-state index contributed by atoms with van der Waals surface area (Å²) in [4.78, 5) is 28.6. The van der Waals surface area contributed by atoms with Crippen molar-refractivity contribution < 1.29 is 14.0 Å². The molecule has 0 aliphatic rings. The number of hydrogen-bond donors (Lipinski definition) is 2. The van der Waals surface area contributed by atoms with Crippen molar-refractivity contribution in [2.75, 3.05) is 5.75 Å². The van der Waals surface area contributed by atoms with Crippen molar-refractivity contribution in [3.05, 3.63) is 59.4 Å². The van der Waals surface area contributed by atoms with Crippen molar-refractivity contribution in [1.29, 1.82) is 0 Å². The number of hydrazine groups is 1. The zero-order chi connectivity index (χ0) is 19.8. The molecule has 0 spiro atoms. The van der Waals surface area contributed by atoms with Crippen molar-refractivity contribution in [1.82, 2.24) is 15.8 Å². The Labute approximate surface area is 170 Å². The molecule has 0 saturated heterocycles. The first kappa shape index (κ1) is 20.3. The number of nitrogens with zero attached hydrogens (tertiary/aromatic N) is 1. The van der Waals surface area contributed by atoms with Crippen LogP contribution in [0.15, 0.2) is 53.4 Å². The van der Waals surface area contributed by atoms with Crippen molar-refractivity contribution in [3.63, 3.8) is 0 Å². The lowest BCUT2D eigenvalue weighted by molar-refractivity contribution is -0.127. The van der Waals surface area contributed by atoms with Crippen molar-refractivity contribution in [3.8, 4) is 0 Å². The number of thiazole rings is 1. The summed E-state index contributed by atoms with van der Waals surface area (Å²) in [5.41, 5.74) is 5.76. The fraction of sp³-hybridized carbons (Fsp3) is 0.250. The monoisotopic (exact) mass is 417 g/mol. The Kier molecular flexibility index (Phi) is 7.39. The molecule has 0 saturated carbocycles. The Morgan fingerprint density at radius 1 is 1.00 bits per heavy atom. The van der Waals surface area contributed by atoms with E-state index in [1.165, 1.54) is 10.8 Å². The third-order valence-corrected chi connectivity index (χ3v) is 6.06. The SMILES string of the molecule is O=C(CCCCc1nc2ccccc2s1)NNC(=O)CSc1ccccc1F. The summed E-state index contributed by atoms with van der Waals surface area (Å²) in [6.45, 7) is 0. The Morgan fingerprint density at radius 2 is 1.75 bits per heavy atom. The fourth-order valence-corrected chi connectivity index (χ4v) is 4.28. The summed E-state index contributed by atoms with van der Waals surface area (Å²) in [6, 6.07) is 14.3. The number of nitrogens with one attached hydrogen (secondary N) is 2. The second kappa shape index (κ2) is 10.2. The molecule has 3 aromatic rings. The molecule has 1 aromatic heterocycles. The molecule has 5 nitrogen and oxygen atoms in total. The number of benzene rings is 2. The predicted octanol–water partition coefficient (Wildman–Crippen LogP) is 4.09. The van der Waals surface area contributed by atoms with Gasteiger partial charge in [0.05, 0.1) is 21.0 Å². The Bertz CT molecular complexity index is 928. The highest BCUT2D eigenvalue weighted by Gasteiger charge is 2.08. The van der Waals surface area contributed by atoms with Crippen LogP contribution in [-0.2, 0) is 16.0 Å². The van der Waals surface area contributed by atoms with E-state index in [0.717, 1.165) is 35.1 Å². The number of aromatic nitrogens is 1. The first-order chi connectivity index (χ1) is 13.6. The number of thioether (sulfide) groups is 1. The second-order valence-corrected chi connectivity index (χ2v) is 8.23. The van der Waals surface area contributed by atoms with Gasteiger partial charge in [0.25, 0.3) is 0 Å². The van der Waals surface area contributed by atoms with E-state index in [-0.39, 0.29) is 23.4 Å². The standard InChI is InChI=1S/C20H20FN3O2S2/c21-14-7-1-3-9-16(14)27-13-19(26)24-23-18(25)11-5-6-12-20-22-15-8-2-4-10-17(15)28-20/h1-4,7-10H,5-6,11-13H2,(H,23,25)(H,24,26). The van der Waals surface area contributed by atoms with Gasteiger partial charge in [-0.1, -0.05) is 24.3 Å². The lowest BCUT2D eigenvalue weighted by Gasteiger charge is -2.07. The molecular formula is C20H20FN3O2S2. The van der Waals surface area contributed by atoms with Gasteiger partial charge in [-0.05, 0) is 43.5 Å². The van der Waals surface area contributed by atoms with Crippen LogP contribution in [-0.4, -0.2) is 22.6 Å². The molecule has 2 amide bonds. The lowest BCUT2D eigenvalue weighted by Crippen LogP contribution is -2.42. The first-order valence-corrected chi connectivity index (χ1v) is 10.7. The van der Waals surface area contributed by atoms with E-state index in [1.54, 1.807) is 29.5 Å². The number of halogens is 1. The van der Waals surface area contributed by atoms with Gasteiger partial charge in [-0.15, -0.1) is 23.1 Å². The zero-order valence-electron chi connectivity index (χ0n) is 15.1. The Balaban J connectivity index is 1.30. The number of fused-ring (bicyclic) bond motifs is 1. The highest BCUT2D eigenvalue weighted by molar-refractivity contribution is 8.00. The normalized spacial score (nSPS) is 10.8.